The number of aliphatic hydroxyl groups excluding tert-OH is 1. The molecule has 0 saturated heterocycles. The number of ketones is 2. The van der Waals surface area contributed by atoms with Crippen molar-refractivity contribution in [1.82, 2.24) is 0 Å². The first kappa shape index (κ1) is 24.2. The molecule has 3 fully saturated rings. The van der Waals surface area contributed by atoms with Crippen LogP contribution in [0.25, 0.3) is 0 Å². The van der Waals surface area contributed by atoms with E-state index in [0.29, 0.717) is 6.42 Å². The Morgan fingerprint density at radius 3 is 2.64 bits per heavy atom. The van der Waals surface area contributed by atoms with Gasteiger partial charge >= 0.3 is 5.97 Å². The third-order valence-corrected chi connectivity index (χ3v) is 9.06. The lowest BCUT2D eigenvalue weighted by Gasteiger charge is -2.63. The predicted octanol–water partition coefficient (Wildman–Crippen LogP) is 2.95. The Balaban J connectivity index is 1.68. The number of alkyl halides is 2. The van der Waals surface area contributed by atoms with Crippen LogP contribution in [0.2, 0.25) is 0 Å². The Labute approximate surface area is 192 Å². The smallest absolute Gasteiger partial charge is 0.306 e. The van der Waals surface area contributed by atoms with Crippen molar-refractivity contribution in [3.63, 3.8) is 0 Å². The molecule has 4 rings (SSSR count). The molecule has 0 radical (unpaired) electrons. The normalized spacial score (nSPS) is 46.2. The fourth-order valence-electron chi connectivity index (χ4n) is 7.21. The van der Waals surface area contributed by atoms with E-state index in [9.17, 15) is 24.6 Å². The van der Waals surface area contributed by atoms with Crippen LogP contribution in [-0.2, 0) is 19.1 Å². The van der Waals surface area contributed by atoms with Gasteiger partial charge in [0.2, 0.25) is 5.78 Å². The van der Waals surface area contributed by atoms with Gasteiger partial charge in [0, 0.05) is 23.2 Å². The topological polar surface area (TPSA) is 101 Å². The van der Waals surface area contributed by atoms with Gasteiger partial charge in [0.15, 0.2) is 18.1 Å². The second-order valence-electron chi connectivity index (χ2n) is 10.6. The number of hydrogen-bond donors (Lipinski definition) is 2. The summed E-state index contributed by atoms with van der Waals surface area (Å²) in [7, 11) is 0. The van der Waals surface area contributed by atoms with Gasteiger partial charge in [-0.3, -0.25) is 14.4 Å². The van der Waals surface area contributed by atoms with Crippen molar-refractivity contribution in [2.45, 2.75) is 82.8 Å². The Hall–Kier alpha value is -1.93. The Morgan fingerprint density at radius 1 is 1.27 bits per heavy atom. The van der Waals surface area contributed by atoms with Crippen molar-refractivity contribution in [2.24, 2.45) is 22.7 Å². The first-order valence-electron chi connectivity index (χ1n) is 11.7. The van der Waals surface area contributed by atoms with Gasteiger partial charge in [-0.05, 0) is 62.7 Å². The molecule has 0 unspecified atom stereocenters. The lowest BCUT2D eigenvalue weighted by atomic mass is 9.44. The number of aliphatic hydroxyl groups is 2. The summed E-state index contributed by atoms with van der Waals surface area (Å²) in [4.78, 5) is 36.6. The molecule has 0 bridgehead atoms. The average molecular weight is 467 g/mol. The number of ether oxygens (including phenoxy) is 1. The van der Waals surface area contributed by atoms with Crippen LogP contribution in [0.15, 0.2) is 23.8 Å². The van der Waals surface area contributed by atoms with Gasteiger partial charge in [-0.1, -0.05) is 19.9 Å². The number of rotatable bonds is 5. The fraction of sp³-hybridized carbons (Fsp3) is 0.720. The van der Waals surface area contributed by atoms with Crippen LogP contribution in [0.4, 0.5) is 8.78 Å². The first-order chi connectivity index (χ1) is 15.3. The van der Waals surface area contributed by atoms with E-state index in [1.54, 1.807) is 13.8 Å². The van der Waals surface area contributed by atoms with Crippen LogP contribution in [0.5, 0.6) is 0 Å². The fourth-order valence-corrected chi connectivity index (χ4v) is 7.21. The molecular weight excluding hydrogens is 434 g/mol. The molecule has 8 heteroatoms. The Kier molecular flexibility index (Phi) is 5.72. The van der Waals surface area contributed by atoms with E-state index < -0.39 is 70.4 Å². The Morgan fingerprint density at radius 2 is 1.97 bits per heavy atom. The second kappa shape index (κ2) is 7.80. The molecule has 4 aliphatic rings. The van der Waals surface area contributed by atoms with Crippen molar-refractivity contribution in [2.75, 3.05) is 6.61 Å². The van der Waals surface area contributed by atoms with Gasteiger partial charge < -0.3 is 14.9 Å². The molecule has 0 aromatic heterocycles. The minimum atomic E-state index is -2.26. The molecule has 182 valence electrons. The van der Waals surface area contributed by atoms with E-state index >= 15 is 8.78 Å². The van der Waals surface area contributed by atoms with Crippen molar-refractivity contribution in [3.8, 4) is 0 Å². The van der Waals surface area contributed by atoms with Gasteiger partial charge in [0.05, 0.1) is 6.10 Å². The van der Waals surface area contributed by atoms with Gasteiger partial charge in [0.1, 0.15) is 11.8 Å². The number of carbonyl (C=O) groups is 3. The lowest BCUT2D eigenvalue weighted by Crippen LogP contribution is -2.70. The largest absolute Gasteiger partial charge is 0.458 e. The average Bonchev–Trinajstić information content (AvgIpc) is 3.02. The van der Waals surface area contributed by atoms with Crippen molar-refractivity contribution < 1.29 is 38.1 Å². The molecule has 3 saturated carbocycles. The Bertz CT molecular complexity index is 945. The summed E-state index contributed by atoms with van der Waals surface area (Å²) in [6.45, 7) is 4.35. The summed E-state index contributed by atoms with van der Waals surface area (Å²) >= 11 is 0. The molecule has 0 spiro atoms. The van der Waals surface area contributed by atoms with Crippen molar-refractivity contribution in [1.29, 1.82) is 0 Å². The van der Waals surface area contributed by atoms with Gasteiger partial charge in [-0.2, -0.15) is 0 Å². The van der Waals surface area contributed by atoms with E-state index in [4.69, 9.17) is 4.74 Å². The van der Waals surface area contributed by atoms with Crippen molar-refractivity contribution in [3.05, 3.63) is 23.8 Å². The summed E-state index contributed by atoms with van der Waals surface area (Å²) in [6, 6.07) is 0. The quantitative estimate of drug-likeness (QED) is 0.605. The minimum Gasteiger partial charge on any atom is -0.458 e. The number of halogens is 2. The molecule has 0 aromatic carbocycles. The number of hydrogen-bond acceptors (Lipinski definition) is 6. The molecule has 0 aliphatic heterocycles. The summed E-state index contributed by atoms with van der Waals surface area (Å²) in [6.07, 6.45) is 1.06. The van der Waals surface area contributed by atoms with Gasteiger partial charge in [-0.25, -0.2) is 8.78 Å². The maximum Gasteiger partial charge on any atom is 0.306 e. The maximum atomic E-state index is 17.0. The number of allylic oxidation sites excluding steroid dienone is 4. The van der Waals surface area contributed by atoms with Crippen LogP contribution < -0.4 is 0 Å². The highest BCUT2D eigenvalue weighted by molar-refractivity contribution is 6.01. The van der Waals surface area contributed by atoms with E-state index in [-0.39, 0.29) is 37.7 Å². The number of Topliss-reactive ketones (excluding diaryl/α,β-unsaturated/α-hetero) is 1. The van der Waals surface area contributed by atoms with Crippen LogP contribution in [0.3, 0.4) is 0 Å². The summed E-state index contributed by atoms with van der Waals surface area (Å²) in [5.41, 5.74) is -6.88. The molecule has 0 heterocycles. The van der Waals surface area contributed by atoms with Crippen molar-refractivity contribution >= 4 is 17.5 Å². The summed E-state index contributed by atoms with van der Waals surface area (Å²) in [5.74, 6) is -3.18. The highest BCUT2D eigenvalue weighted by Gasteiger charge is 2.75. The SMILES string of the molecule is CCCC(=O)OCC(=O)[C@]1(O)CC[C@H]2[C@@H]3C[C@H](F)C4=CC(=O)C=C[C@]4(C)[C@@]3(F)[C@@H](O)C[C@@]21C. The van der Waals surface area contributed by atoms with Crippen LogP contribution in [-0.4, -0.2) is 57.9 Å². The van der Waals surface area contributed by atoms with Crippen LogP contribution in [0, 0.1) is 22.7 Å². The minimum absolute atomic E-state index is 0.0162. The zero-order valence-electron chi connectivity index (χ0n) is 19.3. The van der Waals surface area contributed by atoms with Crippen LogP contribution in [0.1, 0.15) is 59.3 Å². The maximum absolute atomic E-state index is 17.0. The highest BCUT2D eigenvalue weighted by atomic mass is 19.1. The zero-order valence-corrected chi connectivity index (χ0v) is 19.3. The van der Waals surface area contributed by atoms with Gasteiger partial charge in [0.25, 0.3) is 0 Å². The molecular formula is C25H32F2O6. The molecule has 6 nitrogen and oxygen atoms in total. The predicted molar refractivity (Wildman–Crippen MR) is 114 cm³/mol. The van der Waals surface area contributed by atoms with Gasteiger partial charge in [-0.15, -0.1) is 0 Å². The highest BCUT2D eigenvalue weighted by Crippen LogP contribution is 2.70. The molecule has 4 aliphatic carbocycles. The number of fused-ring (bicyclic) bond motifs is 5. The first-order valence-corrected chi connectivity index (χ1v) is 11.7. The monoisotopic (exact) mass is 466 g/mol. The molecule has 0 aromatic rings. The third-order valence-electron chi connectivity index (χ3n) is 9.06. The molecule has 8 atom stereocenters. The summed E-state index contributed by atoms with van der Waals surface area (Å²) < 4.78 is 37.3. The van der Waals surface area contributed by atoms with Crippen LogP contribution >= 0.6 is 0 Å². The number of esters is 1. The zero-order chi connectivity index (χ0) is 24.4. The molecule has 2 N–H and O–H groups in total. The van der Waals surface area contributed by atoms with E-state index in [0.717, 1.165) is 6.08 Å². The standard InChI is InChI=1S/C25H32F2O6/c1-4-5-21(31)33-13-20(30)24(32)9-7-15-16-11-18(26)17-10-14(28)6-8-22(17,2)25(16,27)19(29)12-23(15,24)3/h6,8,10,15-16,18-19,29,32H,4-5,7,9,11-13H2,1-3H3/t15-,16-,18-,19-,22-,23-,24+,25-/m0/s1. The molecule has 0 amide bonds. The third kappa shape index (κ3) is 3.13. The summed E-state index contributed by atoms with van der Waals surface area (Å²) in [5, 5.41) is 22.7. The second-order valence-corrected chi connectivity index (χ2v) is 10.6. The van der Waals surface area contributed by atoms with E-state index in [1.165, 1.54) is 19.1 Å². The lowest BCUT2D eigenvalue weighted by molar-refractivity contribution is -0.222. The van der Waals surface area contributed by atoms with E-state index in [1.807, 2.05) is 0 Å². The molecule has 33 heavy (non-hydrogen) atoms. The van der Waals surface area contributed by atoms with E-state index in [2.05, 4.69) is 0 Å². The number of carbonyl (C=O) groups excluding carboxylic acids is 3.